The van der Waals surface area contributed by atoms with Crippen LogP contribution in [-0.4, -0.2) is 105 Å². The molecule has 3 aliphatic heterocycles. The van der Waals surface area contributed by atoms with Gasteiger partial charge in [-0.15, -0.1) is 0 Å². The Kier molecular flexibility index (Phi) is 14.6. The number of benzene rings is 2. The number of carbonyl (C=O) groups is 4. The maximum absolute atomic E-state index is 14.6. The molecule has 0 aromatic heterocycles. The van der Waals surface area contributed by atoms with Crippen LogP contribution in [0.25, 0.3) is 11.1 Å². The van der Waals surface area contributed by atoms with E-state index in [9.17, 15) is 19.2 Å². The molecule has 14 heteroatoms. The minimum Gasteiger partial charge on any atom is -0.496 e. The number of ether oxygens (including phenoxy) is 5. The van der Waals surface area contributed by atoms with Crippen molar-refractivity contribution in [2.45, 2.75) is 121 Å². The lowest BCUT2D eigenvalue weighted by Gasteiger charge is -2.44. The van der Waals surface area contributed by atoms with E-state index in [1.165, 1.54) is 0 Å². The van der Waals surface area contributed by atoms with Crippen LogP contribution in [0.4, 0.5) is 16.2 Å². The third kappa shape index (κ3) is 10.6. The number of likely N-dealkylation sites (N-methyl/N-ethyl adjacent to an activating group) is 1. The minimum absolute atomic E-state index is 0.0284. The van der Waals surface area contributed by atoms with Gasteiger partial charge >= 0.3 is 12.1 Å². The molecule has 3 aliphatic rings. The minimum atomic E-state index is -1.05. The van der Waals surface area contributed by atoms with Crippen molar-refractivity contribution < 1.29 is 47.3 Å². The van der Waals surface area contributed by atoms with Crippen LogP contribution in [0.5, 0.6) is 5.75 Å². The molecule has 12 nitrogen and oxygen atoms in total. The van der Waals surface area contributed by atoms with Crippen LogP contribution in [-0.2, 0) is 39.8 Å². The summed E-state index contributed by atoms with van der Waals surface area (Å²) in [5.74, 6) is -1.23. The van der Waals surface area contributed by atoms with Gasteiger partial charge in [0.05, 0.1) is 56.0 Å². The molecule has 3 heterocycles. The monoisotopic (exact) mass is 868 g/mol. The first-order chi connectivity index (χ1) is 28.0. The molecule has 60 heavy (non-hydrogen) atoms. The molecule has 0 radical (unpaired) electrons. The molecule has 3 amide bonds. The Morgan fingerprint density at radius 1 is 1.15 bits per heavy atom. The van der Waals surface area contributed by atoms with Crippen molar-refractivity contribution in [2.24, 2.45) is 11.8 Å². The summed E-state index contributed by atoms with van der Waals surface area (Å²) in [5.41, 5.74) is 3.11. The van der Waals surface area contributed by atoms with E-state index < -0.39 is 41.9 Å². The maximum atomic E-state index is 14.6. The highest BCUT2D eigenvalue weighted by atomic mass is 35.5. The summed E-state index contributed by atoms with van der Waals surface area (Å²) in [6.45, 7) is 13.2. The fraction of sp³-hybridized carbons (Fsp3) is 0.565. The summed E-state index contributed by atoms with van der Waals surface area (Å²) in [5, 5.41) is 3.22. The van der Waals surface area contributed by atoms with Gasteiger partial charge in [-0.05, 0) is 68.2 Å². The van der Waals surface area contributed by atoms with Crippen LogP contribution in [0.15, 0.2) is 54.1 Å². The largest absolute Gasteiger partial charge is 0.516 e. The fourth-order valence-electron chi connectivity index (χ4n) is 8.12. The summed E-state index contributed by atoms with van der Waals surface area (Å²) in [6, 6.07) is 8.92. The number of esters is 1. The van der Waals surface area contributed by atoms with Crippen molar-refractivity contribution >= 4 is 59.5 Å². The number of halogens is 1. The Bertz CT molecular complexity index is 2030. The first kappa shape index (κ1) is 47.2. The average Bonchev–Trinajstić information content (AvgIpc) is 3.87. The van der Waals surface area contributed by atoms with Gasteiger partial charge in [-0.3, -0.25) is 14.4 Å². The molecular formula is C46H63ClN3O9S+. The smallest absolute Gasteiger partial charge is 0.496 e. The van der Waals surface area contributed by atoms with E-state index in [0.29, 0.717) is 52.5 Å². The molecule has 2 saturated heterocycles. The van der Waals surface area contributed by atoms with Crippen molar-refractivity contribution in [3.05, 3.63) is 64.7 Å². The number of quaternary nitrogens is 1. The molecule has 4 bridgehead atoms. The van der Waals surface area contributed by atoms with Crippen LogP contribution in [0, 0.1) is 11.8 Å². The van der Waals surface area contributed by atoms with Crippen LogP contribution in [0.3, 0.4) is 0 Å². The number of allylic oxidation sites excluding steroid dienone is 3. The molecular weight excluding hydrogens is 806 g/mol. The van der Waals surface area contributed by atoms with Gasteiger partial charge in [-0.2, -0.15) is 17.4 Å². The molecule has 2 aromatic rings. The molecule has 7 atom stereocenters. The zero-order chi connectivity index (χ0) is 44.5. The van der Waals surface area contributed by atoms with Gasteiger partial charge in [0, 0.05) is 43.2 Å². The standard InChI is InChI=1S/C46H62ClN3O9S/c1-26(2)43(53)58-38-25-40(52)49(8)33-21-29(22-37(56-12)41(33)30-16-17-32(31(47)23-30)48-39(51)18-19-45(5,6)60)20-27(3)14-13-15-35(55-11)34-24-36(57-44(54)50(34,9)10)28(4)42-46(38,7)59-42/h13-17,21-23,26,28,34-36,38,42H,18-20,24-25H2,1-12H3,(H-,48,51,60)/p+1/b15-13+,27-14+/t28-,34-,35-,36+,38+,42+,46+/m1/s1. The van der Waals surface area contributed by atoms with Crippen molar-refractivity contribution in [3.63, 3.8) is 0 Å². The Morgan fingerprint density at radius 3 is 2.47 bits per heavy atom. The predicted octanol–water partition coefficient (Wildman–Crippen LogP) is 8.58. The first-order valence-corrected chi connectivity index (χ1v) is 21.4. The van der Waals surface area contributed by atoms with E-state index >= 15 is 0 Å². The lowest BCUT2D eigenvalue weighted by atomic mass is 9.84. The number of carbonyl (C=O) groups excluding carboxylic acids is 4. The molecule has 328 valence electrons. The number of anilines is 2. The second kappa shape index (κ2) is 18.6. The lowest BCUT2D eigenvalue weighted by Crippen LogP contribution is -2.64. The molecule has 0 aliphatic carbocycles. The van der Waals surface area contributed by atoms with Gasteiger partial charge in [0.15, 0.2) is 0 Å². The number of nitrogens with one attached hydrogen (secondary N) is 1. The number of hydrogen-bond donors (Lipinski definition) is 2. The number of hydrogen-bond acceptors (Lipinski definition) is 10. The zero-order valence-corrected chi connectivity index (χ0v) is 38.7. The predicted molar refractivity (Wildman–Crippen MR) is 238 cm³/mol. The van der Waals surface area contributed by atoms with Gasteiger partial charge in [0.1, 0.15) is 35.7 Å². The molecule has 0 spiro atoms. The molecule has 5 rings (SSSR count). The second-order valence-electron chi connectivity index (χ2n) is 18.1. The highest BCUT2D eigenvalue weighted by molar-refractivity contribution is 7.81. The summed E-state index contributed by atoms with van der Waals surface area (Å²) in [7, 11) is 8.55. The van der Waals surface area contributed by atoms with E-state index in [0.717, 1.165) is 11.1 Å². The zero-order valence-electron chi connectivity index (χ0n) is 37.1. The van der Waals surface area contributed by atoms with Gasteiger partial charge in [-0.25, -0.2) is 4.48 Å². The number of methoxy groups -OCH3 is 2. The summed E-state index contributed by atoms with van der Waals surface area (Å²) in [4.78, 5) is 55.8. The van der Waals surface area contributed by atoms with Gasteiger partial charge in [0.2, 0.25) is 11.8 Å². The average molecular weight is 870 g/mol. The van der Waals surface area contributed by atoms with Crippen molar-refractivity contribution in [1.29, 1.82) is 0 Å². The van der Waals surface area contributed by atoms with E-state index in [4.69, 9.17) is 35.3 Å². The van der Waals surface area contributed by atoms with Crippen molar-refractivity contribution in [1.82, 2.24) is 0 Å². The van der Waals surface area contributed by atoms with E-state index in [-0.39, 0.29) is 51.9 Å². The van der Waals surface area contributed by atoms with Gasteiger partial charge in [-0.1, -0.05) is 70.0 Å². The number of thiol groups is 1. The number of rotatable bonds is 9. The number of fused-ring (bicyclic) bond motifs is 5. The third-order valence-corrected chi connectivity index (χ3v) is 12.7. The van der Waals surface area contributed by atoms with Gasteiger partial charge in [0.25, 0.3) is 0 Å². The topological polar surface area (TPSA) is 133 Å². The highest BCUT2D eigenvalue weighted by Crippen LogP contribution is 2.50. The van der Waals surface area contributed by atoms with E-state index in [1.54, 1.807) is 52.1 Å². The number of epoxide rings is 1. The first-order valence-electron chi connectivity index (χ1n) is 20.6. The SMILES string of the molecule is COc1cc2cc(c1-c1ccc(NC(=O)CCC(C)(C)S)c(Cl)c1)N(C)C(=O)C[C@H](OC(=O)C(C)C)[C@]1(C)O[C@H]1[C@H](C)[C@@H]1C[C@H]([C@H](OC)/C=C/C=C(\C)C2)[N+](C)(C)C(=O)O1. The van der Waals surface area contributed by atoms with Crippen LogP contribution >= 0.6 is 24.2 Å². The van der Waals surface area contributed by atoms with Crippen molar-refractivity contribution in [2.75, 3.05) is 45.6 Å². The third-order valence-electron chi connectivity index (χ3n) is 12.1. The van der Waals surface area contributed by atoms with Crippen LogP contribution < -0.4 is 15.0 Å². The molecule has 0 saturated carbocycles. The fourth-order valence-corrected chi connectivity index (χ4v) is 8.46. The maximum Gasteiger partial charge on any atom is 0.516 e. The number of amides is 3. The summed E-state index contributed by atoms with van der Waals surface area (Å²) < 4.78 is 30.3. The molecule has 2 fully saturated rings. The van der Waals surface area contributed by atoms with E-state index in [2.05, 4.69) is 17.9 Å². The Labute approximate surface area is 365 Å². The Hall–Kier alpha value is -3.88. The van der Waals surface area contributed by atoms with E-state index in [1.807, 2.05) is 85.1 Å². The second-order valence-corrected chi connectivity index (χ2v) is 19.7. The highest BCUT2D eigenvalue weighted by Gasteiger charge is 2.65. The summed E-state index contributed by atoms with van der Waals surface area (Å²) in [6.07, 6.45) is 4.86. The molecule has 2 aromatic carbocycles. The Morgan fingerprint density at radius 2 is 1.85 bits per heavy atom. The van der Waals surface area contributed by atoms with Crippen LogP contribution in [0.2, 0.25) is 5.02 Å². The van der Waals surface area contributed by atoms with Gasteiger partial charge < -0.3 is 33.9 Å². The van der Waals surface area contributed by atoms with Crippen LogP contribution in [0.1, 0.15) is 79.7 Å². The van der Waals surface area contributed by atoms with Crippen molar-refractivity contribution in [3.8, 4) is 16.9 Å². The number of nitrogens with zero attached hydrogens (tertiary/aromatic N) is 2. The lowest BCUT2D eigenvalue weighted by molar-refractivity contribution is -0.855. The quantitative estimate of drug-likeness (QED) is 0.110. The summed E-state index contributed by atoms with van der Waals surface area (Å²) >= 11 is 11.4. The Balaban J connectivity index is 1.61. The normalized spacial score (nSPS) is 28.5. The molecule has 0 unspecified atom stereocenters. The molecule has 1 N–H and O–H groups in total.